The Morgan fingerprint density at radius 2 is 1.86 bits per heavy atom. The molecule has 0 fully saturated rings. The predicted molar refractivity (Wildman–Crippen MR) is 75.6 cm³/mol. The number of rotatable bonds is 4. The van der Waals surface area contributed by atoms with Crippen LogP contribution in [0.4, 0.5) is 10.1 Å². The number of phenolic OH excluding ortho intramolecular Hbond substituents is 1. The van der Waals surface area contributed by atoms with Gasteiger partial charge in [-0.2, -0.15) is 0 Å². The van der Waals surface area contributed by atoms with Gasteiger partial charge in [0.25, 0.3) is 5.91 Å². The molecule has 2 rings (SSSR count). The van der Waals surface area contributed by atoms with Gasteiger partial charge in [-0.1, -0.05) is 6.07 Å². The van der Waals surface area contributed by atoms with Crippen LogP contribution in [0.5, 0.6) is 17.2 Å². The molecule has 6 heteroatoms. The lowest BCUT2D eigenvalue weighted by Crippen LogP contribution is -2.12. The second kappa shape index (κ2) is 6.13. The molecule has 1 amide bonds. The molecule has 21 heavy (non-hydrogen) atoms. The van der Waals surface area contributed by atoms with Gasteiger partial charge in [-0.25, -0.2) is 4.39 Å². The van der Waals surface area contributed by atoms with Gasteiger partial charge >= 0.3 is 0 Å². The van der Waals surface area contributed by atoms with E-state index in [-0.39, 0.29) is 28.5 Å². The SMILES string of the molecule is COc1ccc(NC(=O)c2cccc(OC)c2O)cc1F. The van der Waals surface area contributed by atoms with Gasteiger partial charge in [-0.05, 0) is 24.3 Å². The number of methoxy groups -OCH3 is 2. The molecule has 0 aliphatic heterocycles. The summed E-state index contributed by atoms with van der Waals surface area (Å²) in [4.78, 5) is 12.1. The zero-order valence-electron chi connectivity index (χ0n) is 11.5. The van der Waals surface area contributed by atoms with Crippen LogP contribution in [0.1, 0.15) is 10.4 Å². The van der Waals surface area contributed by atoms with Crippen molar-refractivity contribution in [1.82, 2.24) is 0 Å². The second-order valence-corrected chi connectivity index (χ2v) is 4.16. The first-order chi connectivity index (χ1) is 10.1. The van der Waals surface area contributed by atoms with Crippen molar-refractivity contribution in [1.29, 1.82) is 0 Å². The van der Waals surface area contributed by atoms with E-state index in [1.54, 1.807) is 6.07 Å². The maximum atomic E-state index is 13.6. The molecule has 2 N–H and O–H groups in total. The van der Waals surface area contributed by atoms with Crippen molar-refractivity contribution >= 4 is 11.6 Å². The molecule has 0 radical (unpaired) electrons. The second-order valence-electron chi connectivity index (χ2n) is 4.16. The highest BCUT2D eigenvalue weighted by Gasteiger charge is 2.15. The highest BCUT2D eigenvalue weighted by molar-refractivity contribution is 6.06. The van der Waals surface area contributed by atoms with Crippen LogP contribution < -0.4 is 14.8 Å². The van der Waals surface area contributed by atoms with E-state index >= 15 is 0 Å². The first kappa shape index (κ1) is 14.6. The third-order valence-electron chi connectivity index (χ3n) is 2.87. The molecule has 110 valence electrons. The van der Waals surface area contributed by atoms with Crippen molar-refractivity contribution in [2.45, 2.75) is 0 Å². The van der Waals surface area contributed by atoms with Crippen LogP contribution in [-0.2, 0) is 0 Å². The Morgan fingerprint density at radius 1 is 1.14 bits per heavy atom. The number of hydrogen-bond donors (Lipinski definition) is 2. The summed E-state index contributed by atoms with van der Waals surface area (Å²) in [6.45, 7) is 0. The number of anilines is 1. The monoisotopic (exact) mass is 291 g/mol. The zero-order chi connectivity index (χ0) is 15.4. The smallest absolute Gasteiger partial charge is 0.259 e. The Labute approximate surface area is 120 Å². The molecule has 2 aromatic rings. The first-order valence-corrected chi connectivity index (χ1v) is 6.07. The Bertz CT molecular complexity index is 673. The summed E-state index contributed by atoms with van der Waals surface area (Å²) in [5.41, 5.74) is 0.283. The standard InChI is InChI=1S/C15H14FNO4/c1-20-12-7-6-9(8-11(12)16)17-15(19)10-4-3-5-13(21-2)14(10)18/h3-8,18H,1-2H3,(H,17,19). The fraction of sp³-hybridized carbons (Fsp3) is 0.133. The molecule has 2 aromatic carbocycles. The maximum absolute atomic E-state index is 13.6. The van der Waals surface area contributed by atoms with Gasteiger partial charge in [0.2, 0.25) is 0 Å². The number of aromatic hydroxyl groups is 1. The predicted octanol–water partition coefficient (Wildman–Crippen LogP) is 2.80. The third-order valence-corrected chi connectivity index (χ3v) is 2.87. The van der Waals surface area contributed by atoms with E-state index in [0.29, 0.717) is 0 Å². The van der Waals surface area contributed by atoms with Crippen molar-refractivity contribution in [2.75, 3.05) is 19.5 Å². The van der Waals surface area contributed by atoms with Crippen LogP contribution in [0.25, 0.3) is 0 Å². The highest BCUT2D eigenvalue weighted by Crippen LogP contribution is 2.30. The Hall–Kier alpha value is -2.76. The number of hydrogen-bond acceptors (Lipinski definition) is 4. The lowest BCUT2D eigenvalue weighted by molar-refractivity contribution is 0.102. The number of benzene rings is 2. The molecule has 0 saturated carbocycles. The third kappa shape index (κ3) is 3.05. The number of amides is 1. The van der Waals surface area contributed by atoms with Crippen molar-refractivity contribution in [3.05, 3.63) is 47.8 Å². The number of ether oxygens (including phenoxy) is 2. The van der Waals surface area contributed by atoms with E-state index in [1.807, 2.05) is 0 Å². The summed E-state index contributed by atoms with van der Waals surface area (Å²) in [6, 6.07) is 8.57. The van der Waals surface area contributed by atoms with Crippen LogP contribution in [0.2, 0.25) is 0 Å². The molecule has 0 saturated heterocycles. The van der Waals surface area contributed by atoms with Gasteiger partial charge < -0.3 is 19.9 Å². The molecule has 0 aliphatic carbocycles. The van der Waals surface area contributed by atoms with Crippen molar-refractivity contribution in [3.8, 4) is 17.2 Å². The van der Waals surface area contributed by atoms with Crippen molar-refractivity contribution in [3.63, 3.8) is 0 Å². The van der Waals surface area contributed by atoms with Gasteiger partial charge in [-0.3, -0.25) is 4.79 Å². The summed E-state index contributed by atoms with van der Waals surface area (Å²) in [6.07, 6.45) is 0. The van der Waals surface area contributed by atoms with Gasteiger partial charge in [0.05, 0.1) is 19.8 Å². The molecule has 0 heterocycles. The summed E-state index contributed by atoms with van der Waals surface area (Å²) < 4.78 is 23.3. The minimum Gasteiger partial charge on any atom is -0.504 e. The average molecular weight is 291 g/mol. The summed E-state index contributed by atoms with van der Waals surface area (Å²) in [7, 11) is 2.74. The number of nitrogens with one attached hydrogen (secondary N) is 1. The van der Waals surface area contributed by atoms with E-state index in [4.69, 9.17) is 9.47 Å². The van der Waals surface area contributed by atoms with Crippen molar-refractivity contribution in [2.24, 2.45) is 0 Å². The molecule has 0 atom stereocenters. The summed E-state index contributed by atoms with van der Waals surface area (Å²) >= 11 is 0. The lowest BCUT2D eigenvalue weighted by atomic mass is 10.1. The van der Waals surface area contributed by atoms with Crippen LogP contribution in [0.15, 0.2) is 36.4 Å². The lowest BCUT2D eigenvalue weighted by Gasteiger charge is -2.10. The number of para-hydroxylation sites is 1. The molecular weight excluding hydrogens is 277 g/mol. The molecule has 0 aliphatic rings. The molecule has 0 unspecified atom stereocenters. The van der Waals surface area contributed by atoms with Crippen LogP contribution >= 0.6 is 0 Å². The topological polar surface area (TPSA) is 67.8 Å². The Kier molecular flexibility index (Phi) is 4.27. The fourth-order valence-electron chi connectivity index (χ4n) is 1.81. The van der Waals surface area contributed by atoms with Gasteiger partial charge in [0.1, 0.15) is 0 Å². The summed E-state index contributed by atoms with van der Waals surface area (Å²) in [5, 5.41) is 12.4. The van der Waals surface area contributed by atoms with Crippen LogP contribution in [0, 0.1) is 5.82 Å². The van der Waals surface area contributed by atoms with E-state index in [1.165, 1.54) is 38.5 Å². The molecule has 0 bridgehead atoms. The van der Waals surface area contributed by atoms with Crippen LogP contribution in [-0.4, -0.2) is 25.2 Å². The van der Waals surface area contributed by atoms with E-state index in [0.717, 1.165) is 6.07 Å². The molecule has 0 aromatic heterocycles. The average Bonchev–Trinajstić information content (AvgIpc) is 2.47. The Morgan fingerprint density at radius 3 is 2.48 bits per heavy atom. The first-order valence-electron chi connectivity index (χ1n) is 6.07. The zero-order valence-corrected chi connectivity index (χ0v) is 11.5. The van der Waals surface area contributed by atoms with Gasteiger partial charge in [-0.15, -0.1) is 0 Å². The Balaban J connectivity index is 2.24. The minimum atomic E-state index is -0.592. The minimum absolute atomic E-state index is 0.0329. The largest absolute Gasteiger partial charge is 0.504 e. The number of halogens is 1. The molecular formula is C15H14FNO4. The van der Waals surface area contributed by atoms with E-state index < -0.39 is 11.7 Å². The fourth-order valence-corrected chi connectivity index (χ4v) is 1.81. The van der Waals surface area contributed by atoms with Crippen molar-refractivity contribution < 1.29 is 23.8 Å². The van der Waals surface area contributed by atoms with E-state index in [2.05, 4.69) is 5.32 Å². The van der Waals surface area contributed by atoms with Crippen LogP contribution in [0.3, 0.4) is 0 Å². The number of phenols is 1. The quantitative estimate of drug-likeness (QED) is 0.909. The highest BCUT2D eigenvalue weighted by atomic mass is 19.1. The van der Waals surface area contributed by atoms with Gasteiger partial charge in [0.15, 0.2) is 23.1 Å². The number of carbonyl (C=O) groups is 1. The normalized spacial score (nSPS) is 10.0. The summed E-state index contributed by atoms with van der Waals surface area (Å²) in [5.74, 6) is -1.17. The van der Waals surface area contributed by atoms with Gasteiger partial charge in [0, 0.05) is 11.8 Å². The molecule has 0 spiro atoms. The van der Waals surface area contributed by atoms with E-state index in [9.17, 15) is 14.3 Å². The number of carbonyl (C=O) groups excluding carboxylic acids is 1. The maximum Gasteiger partial charge on any atom is 0.259 e. The molecule has 5 nitrogen and oxygen atoms in total.